The van der Waals surface area contributed by atoms with Gasteiger partial charge in [0.1, 0.15) is 12.1 Å². The van der Waals surface area contributed by atoms with Crippen molar-refractivity contribution in [2.24, 2.45) is 0 Å². The molecule has 1 aromatic rings. The summed E-state index contributed by atoms with van der Waals surface area (Å²) in [5.74, 6) is -0.489. The molecule has 1 aromatic carbocycles. The topological polar surface area (TPSA) is 118 Å². The molecule has 1 saturated heterocycles. The Hall–Kier alpha value is -3.10. The second-order valence-corrected chi connectivity index (χ2v) is 5.84. The van der Waals surface area contributed by atoms with Crippen LogP contribution in [0.5, 0.6) is 0 Å². The van der Waals surface area contributed by atoms with Crippen LogP contribution in [0.2, 0.25) is 0 Å². The number of ether oxygens (including phenoxy) is 1. The number of rotatable bonds is 6. The minimum absolute atomic E-state index is 0.113. The molecular formula is C18H21N5O3. The average molecular weight is 355 g/mol. The Balaban J connectivity index is 2.07. The number of carbonyl (C=O) groups is 2. The van der Waals surface area contributed by atoms with Gasteiger partial charge in [-0.3, -0.25) is 4.79 Å². The fourth-order valence-electron chi connectivity index (χ4n) is 2.56. The smallest absolute Gasteiger partial charge is 0.318 e. The second-order valence-electron chi connectivity index (χ2n) is 5.84. The molecule has 2 rings (SSSR count). The second kappa shape index (κ2) is 10.0. The van der Waals surface area contributed by atoms with Crippen LogP contribution in [0.1, 0.15) is 12.0 Å². The van der Waals surface area contributed by atoms with Gasteiger partial charge in [-0.05, 0) is 5.56 Å². The van der Waals surface area contributed by atoms with Gasteiger partial charge in [-0.2, -0.15) is 10.5 Å². The van der Waals surface area contributed by atoms with Crippen molar-refractivity contribution >= 4 is 11.9 Å². The number of hydrogen-bond donors (Lipinski definition) is 2. The molecular weight excluding hydrogens is 334 g/mol. The van der Waals surface area contributed by atoms with E-state index in [0.29, 0.717) is 26.3 Å². The molecule has 0 aliphatic carbocycles. The highest BCUT2D eigenvalue weighted by atomic mass is 16.5. The van der Waals surface area contributed by atoms with Crippen molar-refractivity contribution in [1.29, 1.82) is 10.5 Å². The van der Waals surface area contributed by atoms with Crippen LogP contribution in [0.15, 0.2) is 30.3 Å². The normalized spacial score (nSPS) is 15.8. The summed E-state index contributed by atoms with van der Waals surface area (Å²) in [6.45, 7) is 1.84. The van der Waals surface area contributed by atoms with Gasteiger partial charge in [0.15, 0.2) is 0 Å². The van der Waals surface area contributed by atoms with Crippen LogP contribution >= 0.6 is 0 Å². The zero-order chi connectivity index (χ0) is 18.8. The average Bonchev–Trinajstić information content (AvgIpc) is 2.68. The lowest BCUT2D eigenvalue weighted by atomic mass is 10.0. The van der Waals surface area contributed by atoms with E-state index in [-0.39, 0.29) is 18.9 Å². The third kappa shape index (κ3) is 5.76. The van der Waals surface area contributed by atoms with E-state index < -0.39 is 18.0 Å². The standard InChI is InChI=1S/C18H21N5O3/c19-7-6-15(13-20)21-17(24)16(12-14-4-2-1-3-5-14)22-18(25)23-8-10-26-11-9-23/h1-5,15-16H,6,8-12H2,(H,21,24)(H,22,25)/t15-,16-/m0/s1. The first kappa shape index (κ1) is 19.2. The molecule has 8 nitrogen and oxygen atoms in total. The molecule has 0 spiro atoms. The molecule has 1 aliphatic rings. The monoisotopic (exact) mass is 355 g/mol. The molecule has 0 radical (unpaired) electrons. The van der Waals surface area contributed by atoms with Crippen molar-refractivity contribution in [2.75, 3.05) is 26.3 Å². The highest BCUT2D eigenvalue weighted by molar-refractivity contribution is 5.87. The predicted molar refractivity (Wildman–Crippen MR) is 92.6 cm³/mol. The number of hydrogen-bond acceptors (Lipinski definition) is 5. The highest BCUT2D eigenvalue weighted by Gasteiger charge is 2.26. The lowest BCUT2D eigenvalue weighted by Crippen LogP contribution is -2.55. The maximum atomic E-state index is 12.6. The summed E-state index contributed by atoms with van der Waals surface area (Å²) in [4.78, 5) is 26.6. The van der Waals surface area contributed by atoms with E-state index in [4.69, 9.17) is 15.3 Å². The molecule has 2 atom stereocenters. The van der Waals surface area contributed by atoms with Crippen molar-refractivity contribution in [3.8, 4) is 12.1 Å². The van der Waals surface area contributed by atoms with Gasteiger partial charge < -0.3 is 20.3 Å². The summed E-state index contributed by atoms with van der Waals surface area (Å²) in [6.07, 6.45) is 0.172. The van der Waals surface area contributed by atoms with Crippen molar-refractivity contribution in [2.45, 2.75) is 24.9 Å². The number of urea groups is 1. The van der Waals surface area contributed by atoms with Gasteiger partial charge in [0.25, 0.3) is 0 Å². The Kier molecular flexibility index (Phi) is 7.41. The lowest BCUT2D eigenvalue weighted by molar-refractivity contribution is -0.123. The Bertz CT molecular complexity index is 689. The number of carbonyl (C=O) groups excluding carboxylic acids is 2. The van der Waals surface area contributed by atoms with E-state index in [9.17, 15) is 9.59 Å². The summed E-state index contributed by atoms with van der Waals surface area (Å²) in [5, 5.41) is 23.0. The van der Waals surface area contributed by atoms with Crippen molar-refractivity contribution in [3.63, 3.8) is 0 Å². The molecule has 8 heteroatoms. The quantitative estimate of drug-likeness (QED) is 0.773. The SMILES string of the molecule is N#CC[C@@H](C#N)NC(=O)[C@H](Cc1ccccc1)NC(=O)N1CCOCC1. The predicted octanol–water partition coefficient (Wildman–Crippen LogP) is 0.562. The molecule has 1 aliphatic heterocycles. The van der Waals surface area contributed by atoms with Gasteiger partial charge in [-0.1, -0.05) is 30.3 Å². The van der Waals surface area contributed by atoms with Crippen LogP contribution in [-0.2, 0) is 16.0 Å². The van der Waals surface area contributed by atoms with Crippen LogP contribution in [-0.4, -0.2) is 55.2 Å². The minimum Gasteiger partial charge on any atom is -0.378 e. The Morgan fingerprint density at radius 2 is 1.85 bits per heavy atom. The summed E-state index contributed by atoms with van der Waals surface area (Å²) >= 11 is 0. The molecule has 0 aromatic heterocycles. The lowest BCUT2D eigenvalue weighted by Gasteiger charge is -2.29. The summed E-state index contributed by atoms with van der Waals surface area (Å²) in [6, 6.07) is 10.9. The first-order valence-corrected chi connectivity index (χ1v) is 8.38. The van der Waals surface area contributed by atoms with Crippen LogP contribution in [0.25, 0.3) is 0 Å². The molecule has 1 heterocycles. The molecule has 0 unspecified atom stereocenters. The van der Waals surface area contributed by atoms with Gasteiger partial charge in [0, 0.05) is 19.5 Å². The Morgan fingerprint density at radius 1 is 1.15 bits per heavy atom. The first-order valence-electron chi connectivity index (χ1n) is 8.38. The van der Waals surface area contributed by atoms with Gasteiger partial charge >= 0.3 is 6.03 Å². The van der Waals surface area contributed by atoms with E-state index in [1.165, 1.54) is 0 Å². The van der Waals surface area contributed by atoms with Crippen LogP contribution < -0.4 is 10.6 Å². The summed E-state index contributed by atoms with van der Waals surface area (Å²) in [5.41, 5.74) is 0.878. The van der Waals surface area contributed by atoms with Crippen LogP contribution in [0.4, 0.5) is 4.79 Å². The fraction of sp³-hybridized carbons (Fsp3) is 0.444. The van der Waals surface area contributed by atoms with E-state index in [1.54, 1.807) is 4.90 Å². The molecule has 26 heavy (non-hydrogen) atoms. The van der Waals surface area contributed by atoms with Crippen LogP contribution in [0.3, 0.4) is 0 Å². The highest BCUT2D eigenvalue weighted by Crippen LogP contribution is 2.06. The van der Waals surface area contributed by atoms with E-state index in [2.05, 4.69) is 10.6 Å². The fourth-order valence-corrected chi connectivity index (χ4v) is 2.56. The van der Waals surface area contributed by atoms with Crippen molar-refractivity contribution in [1.82, 2.24) is 15.5 Å². The number of morpholine rings is 1. The largest absolute Gasteiger partial charge is 0.378 e. The Morgan fingerprint density at radius 3 is 2.46 bits per heavy atom. The number of nitrogens with zero attached hydrogens (tertiary/aromatic N) is 3. The zero-order valence-corrected chi connectivity index (χ0v) is 14.4. The maximum Gasteiger partial charge on any atom is 0.318 e. The number of nitrogens with one attached hydrogen (secondary N) is 2. The van der Waals surface area contributed by atoms with Crippen molar-refractivity contribution < 1.29 is 14.3 Å². The van der Waals surface area contributed by atoms with Gasteiger partial charge in [0.2, 0.25) is 5.91 Å². The molecule has 2 N–H and O–H groups in total. The van der Waals surface area contributed by atoms with E-state index >= 15 is 0 Å². The molecule has 0 bridgehead atoms. The summed E-state index contributed by atoms with van der Waals surface area (Å²) in [7, 11) is 0. The maximum absolute atomic E-state index is 12.6. The molecule has 136 valence electrons. The van der Waals surface area contributed by atoms with Crippen LogP contribution in [0, 0.1) is 22.7 Å². The molecule has 1 fully saturated rings. The van der Waals surface area contributed by atoms with Gasteiger partial charge in [0.05, 0.1) is 31.8 Å². The Labute approximate surface area is 152 Å². The third-order valence-electron chi connectivity index (χ3n) is 3.96. The third-order valence-corrected chi connectivity index (χ3v) is 3.96. The van der Waals surface area contributed by atoms with E-state index in [0.717, 1.165) is 5.56 Å². The number of nitriles is 2. The minimum atomic E-state index is -0.911. The molecule has 0 saturated carbocycles. The number of benzene rings is 1. The van der Waals surface area contributed by atoms with Crippen molar-refractivity contribution in [3.05, 3.63) is 35.9 Å². The first-order chi connectivity index (χ1) is 12.6. The van der Waals surface area contributed by atoms with Gasteiger partial charge in [-0.25, -0.2) is 4.79 Å². The zero-order valence-electron chi connectivity index (χ0n) is 14.4. The van der Waals surface area contributed by atoms with Gasteiger partial charge in [-0.15, -0.1) is 0 Å². The number of amides is 3. The molecule has 3 amide bonds. The van der Waals surface area contributed by atoms with E-state index in [1.807, 2.05) is 42.5 Å². The summed E-state index contributed by atoms with van der Waals surface area (Å²) < 4.78 is 5.22.